The van der Waals surface area contributed by atoms with Gasteiger partial charge in [0.25, 0.3) is 0 Å². The van der Waals surface area contributed by atoms with E-state index in [1.165, 1.54) is 0 Å². The molecule has 0 aromatic heterocycles. The molecule has 2 heterocycles. The molecule has 2 fully saturated rings. The molecule has 106 valence electrons. The highest BCUT2D eigenvalue weighted by Gasteiger charge is 2.44. The van der Waals surface area contributed by atoms with Gasteiger partial charge in [0.05, 0.1) is 4.90 Å². The number of halogens is 1. The Hall–Kier alpha value is -0.620. The van der Waals surface area contributed by atoms with Crippen LogP contribution in [0.5, 0.6) is 0 Å². The van der Waals surface area contributed by atoms with Crippen LogP contribution in [0.1, 0.15) is 12.8 Å². The van der Waals surface area contributed by atoms with Crippen molar-refractivity contribution in [3.05, 3.63) is 30.3 Å². The van der Waals surface area contributed by atoms with E-state index in [0.717, 1.165) is 25.9 Å². The number of hydrogen-bond donors (Lipinski definition) is 1. The Morgan fingerprint density at radius 1 is 1.16 bits per heavy atom. The fourth-order valence-electron chi connectivity index (χ4n) is 2.98. The fraction of sp³-hybridized carbons (Fsp3) is 0.538. The van der Waals surface area contributed by atoms with Crippen LogP contribution in [0.4, 0.5) is 0 Å². The van der Waals surface area contributed by atoms with Crippen LogP contribution in [0.3, 0.4) is 0 Å². The summed E-state index contributed by atoms with van der Waals surface area (Å²) in [6, 6.07) is 8.73. The molecule has 0 saturated carbocycles. The number of sulfonamides is 1. The number of benzene rings is 1. The molecule has 1 N–H and O–H groups in total. The van der Waals surface area contributed by atoms with Crippen molar-refractivity contribution in [1.82, 2.24) is 9.62 Å². The van der Waals surface area contributed by atoms with E-state index in [9.17, 15) is 8.42 Å². The largest absolute Gasteiger partial charge is 0.316 e. The quantitative estimate of drug-likeness (QED) is 0.900. The van der Waals surface area contributed by atoms with Crippen molar-refractivity contribution in [1.29, 1.82) is 0 Å². The zero-order chi connectivity index (χ0) is 12.6. The molecule has 4 nitrogen and oxygen atoms in total. The Morgan fingerprint density at radius 2 is 1.89 bits per heavy atom. The minimum atomic E-state index is -3.30. The van der Waals surface area contributed by atoms with Crippen LogP contribution in [-0.2, 0) is 10.0 Å². The van der Waals surface area contributed by atoms with Crippen LogP contribution in [0, 0.1) is 5.41 Å². The van der Waals surface area contributed by atoms with Gasteiger partial charge in [0.2, 0.25) is 10.0 Å². The highest BCUT2D eigenvalue weighted by molar-refractivity contribution is 7.89. The standard InChI is InChI=1S/C13H18N2O2S.ClH/c16-18(17,12-4-2-1-3-5-12)15-9-7-13(11-15)6-8-14-10-13;/h1-5,14H,6-11H2;1H. The second-order valence-corrected chi connectivity index (χ2v) is 7.27. The third-order valence-corrected chi connectivity index (χ3v) is 5.98. The molecule has 19 heavy (non-hydrogen) atoms. The van der Waals surface area contributed by atoms with E-state index >= 15 is 0 Å². The lowest BCUT2D eigenvalue weighted by molar-refractivity contribution is 0.338. The highest BCUT2D eigenvalue weighted by atomic mass is 35.5. The van der Waals surface area contributed by atoms with E-state index in [2.05, 4.69) is 5.32 Å². The monoisotopic (exact) mass is 302 g/mol. The van der Waals surface area contributed by atoms with Gasteiger partial charge in [-0.2, -0.15) is 4.31 Å². The van der Waals surface area contributed by atoms with Crippen LogP contribution in [0.2, 0.25) is 0 Å². The lowest BCUT2D eigenvalue weighted by atomic mass is 9.87. The molecule has 6 heteroatoms. The molecular weight excluding hydrogens is 284 g/mol. The molecule has 2 saturated heterocycles. The van der Waals surface area contributed by atoms with Gasteiger partial charge < -0.3 is 5.32 Å². The summed E-state index contributed by atoms with van der Waals surface area (Å²) in [5.41, 5.74) is 0.182. The maximum absolute atomic E-state index is 12.5. The van der Waals surface area contributed by atoms with Gasteiger partial charge in [-0.3, -0.25) is 0 Å². The van der Waals surface area contributed by atoms with Crippen molar-refractivity contribution in [2.45, 2.75) is 17.7 Å². The second-order valence-electron chi connectivity index (χ2n) is 5.33. The van der Waals surface area contributed by atoms with Gasteiger partial charge >= 0.3 is 0 Å². The summed E-state index contributed by atoms with van der Waals surface area (Å²) in [6.07, 6.45) is 2.07. The third kappa shape index (κ3) is 2.65. The van der Waals surface area contributed by atoms with E-state index in [4.69, 9.17) is 0 Å². The van der Waals surface area contributed by atoms with Gasteiger partial charge in [0.15, 0.2) is 0 Å². The molecule has 0 amide bonds. The maximum Gasteiger partial charge on any atom is 0.243 e. The predicted molar refractivity (Wildman–Crippen MR) is 77.0 cm³/mol. The first-order valence-corrected chi connectivity index (χ1v) is 7.82. The summed E-state index contributed by atoms with van der Waals surface area (Å²) in [4.78, 5) is 0.410. The molecule has 2 aliphatic heterocycles. The number of nitrogens with one attached hydrogen (secondary N) is 1. The van der Waals surface area contributed by atoms with Gasteiger partial charge in [0, 0.05) is 19.6 Å². The van der Waals surface area contributed by atoms with Gasteiger partial charge in [0.1, 0.15) is 0 Å². The Labute approximate surface area is 120 Å². The summed E-state index contributed by atoms with van der Waals surface area (Å²) >= 11 is 0. The maximum atomic E-state index is 12.5. The van der Waals surface area contributed by atoms with Crippen molar-refractivity contribution in [3.8, 4) is 0 Å². The summed E-state index contributed by atoms with van der Waals surface area (Å²) in [6.45, 7) is 3.28. The number of nitrogens with zero attached hydrogens (tertiary/aromatic N) is 1. The zero-order valence-electron chi connectivity index (χ0n) is 10.7. The van der Waals surface area contributed by atoms with E-state index in [1.54, 1.807) is 28.6 Å². The minimum absolute atomic E-state index is 0. The highest BCUT2D eigenvalue weighted by Crippen LogP contribution is 2.38. The molecule has 3 rings (SSSR count). The Bertz CT molecular complexity index is 527. The van der Waals surface area contributed by atoms with Crippen molar-refractivity contribution < 1.29 is 8.42 Å². The molecule has 1 unspecified atom stereocenters. The summed E-state index contributed by atoms with van der Waals surface area (Å²) in [5.74, 6) is 0. The van der Waals surface area contributed by atoms with E-state index < -0.39 is 10.0 Å². The molecule has 2 aliphatic rings. The molecule has 1 atom stereocenters. The first kappa shape index (κ1) is 14.8. The average molecular weight is 303 g/mol. The fourth-order valence-corrected chi connectivity index (χ4v) is 4.56. The zero-order valence-corrected chi connectivity index (χ0v) is 12.3. The molecule has 1 spiro atoms. The first-order valence-electron chi connectivity index (χ1n) is 6.38. The van der Waals surface area contributed by atoms with Gasteiger partial charge in [-0.05, 0) is 36.9 Å². The lowest BCUT2D eigenvalue weighted by Crippen LogP contribution is -2.33. The average Bonchev–Trinajstić information content (AvgIpc) is 3.02. The molecule has 0 aliphatic carbocycles. The van der Waals surface area contributed by atoms with Gasteiger partial charge in [-0.1, -0.05) is 18.2 Å². The van der Waals surface area contributed by atoms with E-state index in [0.29, 0.717) is 18.0 Å². The summed E-state index contributed by atoms with van der Waals surface area (Å²) in [7, 11) is -3.30. The van der Waals surface area contributed by atoms with Crippen LogP contribution in [0.15, 0.2) is 35.2 Å². The van der Waals surface area contributed by atoms with E-state index in [-0.39, 0.29) is 17.8 Å². The Morgan fingerprint density at radius 3 is 2.53 bits per heavy atom. The van der Waals surface area contributed by atoms with Crippen molar-refractivity contribution in [2.24, 2.45) is 5.41 Å². The normalized spacial score (nSPS) is 27.6. The van der Waals surface area contributed by atoms with Crippen molar-refractivity contribution in [3.63, 3.8) is 0 Å². The number of rotatable bonds is 2. The minimum Gasteiger partial charge on any atom is -0.316 e. The van der Waals surface area contributed by atoms with Gasteiger partial charge in [-0.15, -0.1) is 12.4 Å². The topological polar surface area (TPSA) is 49.4 Å². The van der Waals surface area contributed by atoms with Crippen LogP contribution >= 0.6 is 12.4 Å². The molecule has 1 aromatic carbocycles. The Kier molecular flexibility index (Phi) is 4.20. The second kappa shape index (κ2) is 5.40. The van der Waals surface area contributed by atoms with Crippen LogP contribution in [-0.4, -0.2) is 38.9 Å². The van der Waals surface area contributed by atoms with Crippen molar-refractivity contribution >= 4 is 22.4 Å². The molecule has 1 aromatic rings. The lowest BCUT2D eigenvalue weighted by Gasteiger charge is -2.22. The molecule has 0 radical (unpaired) electrons. The van der Waals surface area contributed by atoms with Crippen LogP contribution in [0.25, 0.3) is 0 Å². The summed E-state index contributed by atoms with van der Waals surface area (Å²) < 4.78 is 26.6. The SMILES string of the molecule is Cl.O=S(=O)(c1ccccc1)N1CCC2(CCNC2)C1. The van der Waals surface area contributed by atoms with Crippen LogP contribution < -0.4 is 5.32 Å². The Balaban J connectivity index is 0.00000133. The predicted octanol–water partition coefficient (Wildman–Crippen LogP) is 1.48. The third-order valence-electron chi connectivity index (χ3n) is 4.12. The van der Waals surface area contributed by atoms with E-state index in [1.807, 2.05) is 6.07 Å². The molecular formula is C13H19ClN2O2S. The summed E-state index contributed by atoms with van der Waals surface area (Å²) in [5, 5.41) is 3.35. The number of hydrogen-bond acceptors (Lipinski definition) is 3. The first-order chi connectivity index (χ1) is 8.62. The van der Waals surface area contributed by atoms with Gasteiger partial charge in [-0.25, -0.2) is 8.42 Å². The van der Waals surface area contributed by atoms with Crippen molar-refractivity contribution in [2.75, 3.05) is 26.2 Å². The smallest absolute Gasteiger partial charge is 0.243 e. The molecule has 0 bridgehead atoms.